The summed E-state index contributed by atoms with van der Waals surface area (Å²) in [6.07, 6.45) is 2.36. The number of rotatable bonds is 4. The van der Waals surface area contributed by atoms with Gasteiger partial charge in [0.05, 0.1) is 17.0 Å². The van der Waals surface area contributed by atoms with Crippen molar-refractivity contribution in [3.8, 4) is 0 Å². The fourth-order valence-electron chi connectivity index (χ4n) is 3.13. The lowest BCUT2D eigenvalue weighted by atomic mass is 9.81. The Morgan fingerprint density at radius 3 is 2.43 bits per heavy atom. The molecule has 0 saturated heterocycles. The van der Waals surface area contributed by atoms with Crippen LogP contribution in [0.4, 0.5) is 0 Å². The van der Waals surface area contributed by atoms with Crippen molar-refractivity contribution >= 4 is 22.9 Å². The fraction of sp³-hybridized carbons (Fsp3) is 0.438. The zero-order chi connectivity index (χ0) is 16.4. The molecule has 23 heavy (non-hydrogen) atoms. The number of carboxylic acids is 1. The monoisotopic (exact) mass is 317 g/mol. The molecule has 0 bridgehead atoms. The Labute approximate surface area is 132 Å². The Balaban J connectivity index is 1.56. The van der Waals surface area contributed by atoms with Crippen LogP contribution in [0.1, 0.15) is 31.2 Å². The molecular formula is C16H19N3O4. The van der Waals surface area contributed by atoms with Crippen LogP contribution < -0.4 is 11.0 Å². The lowest BCUT2D eigenvalue weighted by molar-refractivity contribution is -0.144. The van der Waals surface area contributed by atoms with Crippen LogP contribution in [0.2, 0.25) is 0 Å². The Bertz CT molecular complexity index is 784. The van der Waals surface area contributed by atoms with Crippen LogP contribution >= 0.6 is 0 Å². The van der Waals surface area contributed by atoms with Gasteiger partial charge in [-0.05, 0) is 43.4 Å². The number of aliphatic carboxylic acids is 1. The summed E-state index contributed by atoms with van der Waals surface area (Å²) in [5.74, 6) is -1.22. The number of imidazole rings is 1. The van der Waals surface area contributed by atoms with Gasteiger partial charge in [-0.1, -0.05) is 6.07 Å². The highest BCUT2D eigenvalue weighted by atomic mass is 16.4. The van der Waals surface area contributed by atoms with Gasteiger partial charge in [0.25, 0.3) is 0 Å². The van der Waals surface area contributed by atoms with Crippen LogP contribution in [0.3, 0.4) is 0 Å². The molecule has 1 fully saturated rings. The van der Waals surface area contributed by atoms with Crippen molar-refractivity contribution in [1.82, 2.24) is 15.3 Å². The summed E-state index contributed by atoms with van der Waals surface area (Å²) in [4.78, 5) is 39.7. The minimum absolute atomic E-state index is 0.0310. The summed E-state index contributed by atoms with van der Waals surface area (Å²) < 4.78 is 0. The molecule has 0 spiro atoms. The molecule has 0 radical (unpaired) electrons. The van der Waals surface area contributed by atoms with E-state index in [4.69, 9.17) is 5.11 Å². The molecule has 3 rings (SSSR count). The highest BCUT2D eigenvalue weighted by molar-refractivity contribution is 5.80. The van der Waals surface area contributed by atoms with E-state index in [0.717, 1.165) is 11.1 Å². The van der Waals surface area contributed by atoms with Crippen LogP contribution in [0, 0.1) is 11.8 Å². The Morgan fingerprint density at radius 1 is 1.09 bits per heavy atom. The van der Waals surface area contributed by atoms with Gasteiger partial charge in [-0.25, -0.2) is 4.79 Å². The molecule has 1 aliphatic rings. The first-order valence-electron chi connectivity index (χ1n) is 7.74. The fourth-order valence-corrected chi connectivity index (χ4v) is 3.13. The van der Waals surface area contributed by atoms with E-state index >= 15 is 0 Å². The molecule has 1 amide bonds. The predicted octanol–water partition coefficient (Wildman–Crippen LogP) is 1.36. The second-order valence-electron chi connectivity index (χ2n) is 6.06. The first-order chi connectivity index (χ1) is 11.0. The molecule has 0 aliphatic heterocycles. The van der Waals surface area contributed by atoms with Crippen LogP contribution in [-0.2, 0) is 16.1 Å². The van der Waals surface area contributed by atoms with Crippen molar-refractivity contribution in [2.45, 2.75) is 32.2 Å². The normalized spacial score (nSPS) is 21.2. The minimum Gasteiger partial charge on any atom is -0.481 e. The molecule has 0 unspecified atom stereocenters. The smallest absolute Gasteiger partial charge is 0.323 e. The molecule has 122 valence electrons. The van der Waals surface area contributed by atoms with Gasteiger partial charge in [-0.2, -0.15) is 0 Å². The third-order valence-electron chi connectivity index (χ3n) is 4.49. The molecule has 7 heteroatoms. The third-order valence-corrected chi connectivity index (χ3v) is 4.49. The number of hydrogen-bond donors (Lipinski definition) is 4. The van der Waals surface area contributed by atoms with E-state index in [1.165, 1.54) is 0 Å². The molecule has 7 nitrogen and oxygen atoms in total. The van der Waals surface area contributed by atoms with E-state index in [1.54, 1.807) is 6.07 Å². The number of hydrogen-bond acceptors (Lipinski definition) is 3. The number of benzene rings is 1. The average molecular weight is 317 g/mol. The molecule has 1 saturated carbocycles. The quantitative estimate of drug-likeness (QED) is 0.681. The minimum atomic E-state index is -0.766. The molecule has 1 aromatic heterocycles. The summed E-state index contributed by atoms with van der Waals surface area (Å²) in [6.45, 7) is 0.390. The van der Waals surface area contributed by atoms with Crippen molar-refractivity contribution in [2.24, 2.45) is 11.8 Å². The first-order valence-corrected chi connectivity index (χ1v) is 7.74. The molecule has 4 N–H and O–H groups in total. The first kappa shape index (κ1) is 15.3. The standard InChI is InChI=1S/C16H19N3O4/c20-14(10-2-4-11(5-3-10)15(21)22)17-8-9-1-6-12-13(7-9)19-16(23)18-12/h1,6-7,10-11H,2-5,8H2,(H,17,20)(H,21,22)(H2,18,19,23). The van der Waals surface area contributed by atoms with Crippen molar-refractivity contribution in [3.05, 3.63) is 34.2 Å². The SMILES string of the molecule is O=C(O)C1CCC(C(=O)NCc2ccc3[nH]c(=O)[nH]c3c2)CC1. The van der Waals surface area contributed by atoms with Crippen molar-refractivity contribution < 1.29 is 14.7 Å². The lowest BCUT2D eigenvalue weighted by Gasteiger charge is -2.25. The van der Waals surface area contributed by atoms with Gasteiger partial charge in [-0.3, -0.25) is 9.59 Å². The number of fused-ring (bicyclic) bond motifs is 1. The van der Waals surface area contributed by atoms with Crippen molar-refractivity contribution in [1.29, 1.82) is 0 Å². The van der Waals surface area contributed by atoms with Crippen molar-refractivity contribution in [2.75, 3.05) is 0 Å². The average Bonchev–Trinajstić information content (AvgIpc) is 2.92. The Kier molecular flexibility index (Phi) is 4.18. The summed E-state index contributed by atoms with van der Waals surface area (Å²) in [6, 6.07) is 5.48. The van der Waals surface area contributed by atoms with Gasteiger partial charge in [0, 0.05) is 12.5 Å². The van der Waals surface area contributed by atoms with Crippen LogP contribution in [0.25, 0.3) is 11.0 Å². The summed E-state index contributed by atoms with van der Waals surface area (Å²) in [5.41, 5.74) is 2.09. The zero-order valence-corrected chi connectivity index (χ0v) is 12.6. The van der Waals surface area contributed by atoms with E-state index in [-0.39, 0.29) is 23.4 Å². The lowest BCUT2D eigenvalue weighted by Crippen LogP contribution is -2.34. The molecule has 0 atom stereocenters. The molecule has 1 aliphatic carbocycles. The van der Waals surface area contributed by atoms with Crippen molar-refractivity contribution in [3.63, 3.8) is 0 Å². The predicted molar refractivity (Wildman–Crippen MR) is 83.8 cm³/mol. The highest BCUT2D eigenvalue weighted by Gasteiger charge is 2.29. The van der Waals surface area contributed by atoms with Crippen LogP contribution in [0.15, 0.2) is 23.0 Å². The van der Waals surface area contributed by atoms with Gasteiger partial charge >= 0.3 is 11.7 Å². The summed E-state index contributed by atoms with van der Waals surface area (Å²) >= 11 is 0. The number of H-pyrrole nitrogens is 2. The number of carbonyl (C=O) groups excluding carboxylic acids is 1. The van der Waals surface area contributed by atoms with Crippen LogP contribution in [-0.4, -0.2) is 27.0 Å². The van der Waals surface area contributed by atoms with E-state index in [9.17, 15) is 14.4 Å². The van der Waals surface area contributed by atoms with E-state index in [2.05, 4.69) is 15.3 Å². The maximum atomic E-state index is 12.2. The number of nitrogens with one attached hydrogen (secondary N) is 3. The summed E-state index contributed by atoms with van der Waals surface area (Å²) in [7, 11) is 0. The second-order valence-corrected chi connectivity index (χ2v) is 6.06. The highest BCUT2D eigenvalue weighted by Crippen LogP contribution is 2.29. The third kappa shape index (κ3) is 3.44. The number of carboxylic acid groups (broad SMARTS) is 1. The molecule has 1 aromatic carbocycles. The van der Waals surface area contributed by atoms with E-state index in [0.29, 0.717) is 37.7 Å². The Morgan fingerprint density at radius 2 is 1.74 bits per heavy atom. The summed E-state index contributed by atoms with van der Waals surface area (Å²) in [5, 5.41) is 11.9. The topological polar surface area (TPSA) is 115 Å². The van der Waals surface area contributed by atoms with Gasteiger partial charge in [0.1, 0.15) is 0 Å². The molecule has 1 heterocycles. The van der Waals surface area contributed by atoms with E-state index in [1.807, 2.05) is 12.1 Å². The Hall–Kier alpha value is -2.57. The number of amides is 1. The molecule has 2 aromatic rings. The number of carbonyl (C=O) groups is 2. The second kappa shape index (κ2) is 6.28. The van der Waals surface area contributed by atoms with Gasteiger partial charge in [0.2, 0.25) is 5.91 Å². The number of aromatic nitrogens is 2. The van der Waals surface area contributed by atoms with Crippen LogP contribution in [0.5, 0.6) is 0 Å². The zero-order valence-electron chi connectivity index (χ0n) is 12.6. The maximum absolute atomic E-state index is 12.2. The molecular weight excluding hydrogens is 298 g/mol. The number of aromatic amines is 2. The maximum Gasteiger partial charge on any atom is 0.323 e. The van der Waals surface area contributed by atoms with Gasteiger partial charge in [0.15, 0.2) is 0 Å². The largest absolute Gasteiger partial charge is 0.481 e. The van der Waals surface area contributed by atoms with Gasteiger partial charge < -0.3 is 20.4 Å². The van der Waals surface area contributed by atoms with Gasteiger partial charge in [-0.15, -0.1) is 0 Å². The van der Waals surface area contributed by atoms with E-state index < -0.39 is 5.97 Å².